The Bertz CT molecular complexity index is 504. The van der Waals surface area contributed by atoms with Gasteiger partial charge in [0.2, 0.25) is 0 Å². The lowest BCUT2D eigenvalue weighted by Crippen LogP contribution is -2.47. The van der Waals surface area contributed by atoms with Gasteiger partial charge in [-0.05, 0) is 45.7 Å². The molecule has 0 spiro atoms. The van der Waals surface area contributed by atoms with E-state index >= 15 is 0 Å². The van der Waals surface area contributed by atoms with Crippen molar-refractivity contribution in [1.29, 1.82) is 0 Å². The fourth-order valence-electron chi connectivity index (χ4n) is 2.61. The first-order valence-electron chi connectivity index (χ1n) is 6.58. The Morgan fingerprint density at radius 3 is 2.50 bits per heavy atom. The van der Waals surface area contributed by atoms with Gasteiger partial charge in [0, 0.05) is 11.3 Å². The molecular formula is C15H21BrO3S. The van der Waals surface area contributed by atoms with E-state index < -0.39 is 5.60 Å². The monoisotopic (exact) mass is 360 g/mol. The maximum Gasteiger partial charge on any atom is 0.142 e. The second-order valence-electron chi connectivity index (χ2n) is 5.71. The summed E-state index contributed by atoms with van der Waals surface area (Å²) in [4.78, 5) is 0. The summed E-state index contributed by atoms with van der Waals surface area (Å²) < 4.78 is 11.6. The van der Waals surface area contributed by atoms with Crippen LogP contribution in [0.15, 0.2) is 16.6 Å². The highest BCUT2D eigenvalue weighted by atomic mass is 79.9. The molecule has 1 aliphatic rings. The predicted molar refractivity (Wildman–Crippen MR) is 86.9 cm³/mol. The number of halogens is 1. The van der Waals surface area contributed by atoms with Crippen molar-refractivity contribution < 1.29 is 14.6 Å². The number of benzene rings is 1. The van der Waals surface area contributed by atoms with Crippen LogP contribution in [0, 0.1) is 5.41 Å². The predicted octanol–water partition coefficient (Wildman–Crippen LogP) is 3.82. The molecule has 1 aromatic rings. The standard InChI is InChI=1S/C15H21BrO3S/c1-14(2)7-8-20-9-15(14,17)10-5-6-11(18-3)12(16)13(10)19-4/h5-6,17H,7-9H2,1-4H3. The van der Waals surface area contributed by atoms with Gasteiger partial charge in [0.15, 0.2) is 0 Å². The molecule has 3 nitrogen and oxygen atoms in total. The molecule has 0 amide bonds. The Kier molecular flexibility index (Phi) is 4.62. The summed E-state index contributed by atoms with van der Waals surface area (Å²) in [5, 5.41) is 11.3. The largest absolute Gasteiger partial charge is 0.495 e. The minimum Gasteiger partial charge on any atom is -0.495 e. The molecule has 0 aromatic heterocycles. The molecule has 2 rings (SSSR count). The van der Waals surface area contributed by atoms with Crippen LogP contribution in [-0.4, -0.2) is 30.8 Å². The van der Waals surface area contributed by atoms with Crippen molar-refractivity contribution >= 4 is 27.7 Å². The zero-order chi connectivity index (χ0) is 15.0. The number of aliphatic hydroxyl groups is 1. The lowest BCUT2D eigenvalue weighted by Gasteiger charge is -2.47. The molecule has 1 atom stereocenters. The van der Waals surface area contributed by atoms with Crippen molar-refractivity contribution in [2.24, 2.45) is 5.41 Å². The minimum atomic E-state index is -0.907. The van der Waals surface area contributed by atoms with Gasteiger partial charge < -0.3 is 14.6 Å². The van der Waals surface area contributed by atoms with E-state index in [1.165, 1.54) is 0 Å². The lowest BCUT2D eigenvalue weighted by molar-refractivity contribution is -0.0594. The van der Waals surface area contributed by atoms with Crippen molar-refractivity contribution in [3.63, 3.8) is 0 Å². The van der Waals surface area contributed by atoms with Gasteiger partial charge in [0.05, 0.1) is 14.2 Å². The van der Waals surface area contributed by atoms with E-state index in [1.807, 2.05) is 12.1 Å². The van der Waals surface area contributed by atoms with Crippen LogP contribution in [0.1, 0.15) is 25.8 Å². The van der Waals surface area contributed by atoms with Gasteiger partial charge >= 0.3 is 0 Å². The Morgan fingerprint density at radius 1 is 1.25 bits per heavy atom. The van der Waals surface area contributed by atoms with Crippen molar-refractivity contribution in [3.05, 3.63) is 22.2 Å². The second-order valence-corrected chi connectivity index (χ2v) is 7.61. The van der Waals surface area contributed by atoms with Crippen LogP contribution in [0.25, 0.3) is 0 Å². The molecule has 0 aliphatic carbocycles. The van der Waals surface area contributed by atoms with Crippen molar-refractivity contribution in [2.45, 2.75) is 25.9 Å². The summed E-state index contributed by atoms with van der Waals surface area (Å²) in [6.45, 7) is 4.23. The number of hydrogen-bond acceptors (Lipinski definition) is 4. The van der Waals surface area contributed by atoms with Gasteiger partial charge in [0.25, 0.3) is 0 Å². The van der Waals surface area contributed by atoms with Crippen LogP contribution >= 0.6 is 27.7 Å². The molecule has 0 saturated carbocycles. The van der Waals surface area contributed by atoms with Crippen molar-refractivity contribution in [2.75, 3.05) is 25.7 Å². The van der Waals surface area contributed by atoms with Crippen LogP contribution in [0.3, 0.4) is 0 Å². The third-order valence-corrected chi connectivity index (χ3v) is 6.10. The number of rotatable bonds is 3. The van der Waals surface area contributed by atoms with Crippen LogP contribution < -0.4 is 9.47 Å². The van der Waals surface area contributed by atoms with E-state index in [4.69, 9.17) is 9.47 Å². The Morgan fingerprint density at radius 2 is 1.95 bits per heavy atom. The molecular weight excluding hydrogens is 340 g/mol. The molecule has 20 heavy (non-hydrogen) atoms. The fraction of sp³-hybridized carbons (Fsp3) is 0.600. The van der Waals surface area contributed by atoms with E-state index in [1.54, 1.807) is 26.0 Å². The summed E-state index contributed by atoms with van der Waals surface area (Å²) in [5.41, 5.74) is -0.278. The highest BCUT2D eigenvalue weighted by Gasteiger charge is 2.48. The summed E-state index contributed by atoms with van der Waals surface area (Å²) >= 11 is 5.29. The van der Waals surface area contributed by atoms with Gasteiger partial charge in [-0.3, -0.25) is 0 Å². The van der Waals surface area contributed by atoms with Gasteiger partial charge in [0.1, 0.15) is 21.6 Å². The van der Waals surface area contributed by atoms with E-state index in [-0.39, 0.29) is 5.41 Å². The molecule has 1 fully saturated rings. The molecule has 112 valence electrons. The maximum absolute atomic E-state index is 11.3. The third-order valence-electron chi connectivity index (χ3n) is 4.23. The topological polar surface area (TPSA) is 38.7 Å². The van der Waals surface area contributed by atoms with E-state index in [9.17, 15) is 5.11 Å². The molecule has 1 heterocycles. The molecule has 0 radical (unpaired) electrons. The smallest absolute Gasteiger partial charge is 0.142 e. The summed E-state index contributed by atoms with van der Waals surface area (Å²) in [7, 11) is 3.24. The van der Waals surface area contributed by atoms with E-state index in [2.05, 4.69) is 29.8 Å². The maximum atomic E-state index is 11.3. The van der Waals surface area contributed by atoms with Gasteiger partial charge in [-0.1, -0.05) is 13.8 Å². The molecule has 1 aromatic carbocycles. The van der Waals surface area contributed by atoms with Crippen LogP contribution in [0.2, 0.25) is 0 Å². The first-order chi connectivity index (χ1) is 9.37. The Balaban J connectivity index is 2.59. The van der Waals surface area contributed by atoms with Gasteiger partial charge in [-0.15, -0.1) is 0 Å². The Hall–Kier alpha value is -0.390. The fourth-order valence-corrected chi connectivity index (χ4v) is 4.92. The third kappa shape index (κ3) is 2.44. The average Bonchev–Trinajstić information content (AvgIpc) is 2.41. The molecule has 1 unspecified atom stereocenters. The summed E-state index contributed by atoms with van der Waals surface area (Å²) in [5.74, 6) is 3.11. The van der Waals surface area contributed by atoms with Crippen molar-refractivity contribution in [1.82, 2.24) is 0 Å². The van der Waals surface area contributed by atoms with E-state index in [0.29, 0.717) is 17.3 Å². The normalized spacial score (nSPS) is 25.3. The highest BCUT2D eigenvalue weighted by molar-refractivity contribution is 9.10. The molecule has 1 saturated heterocycles. The molecule has 0 bridgehead atoms. The van der Waals surface area contributed by atoms with Crippen LogP contribution in [0.4, 0.5) is 0 Å². The quantitative estimate of drug-likeness (QED) is 0.889. The first-order valence-corrected chi connectivity index (χ1v) is 8.53. The Labute approximate surface area is 133 Å². The lowest BCUT2D eigenvalue weighted by atomic mass is 9.69. The van der Waals surface area contributed by atoms with Gasteiger partial charge in [-0.2, -0.15) is 11.8 Å². The SMILES string of the molecule is COc1ccc(C2(O)CSCCC2(C)C)c(OC)c1Br. The minimum absolute atomic E-state index is 0.195. The number of thioether (sulfide) groups is 1. The zero-order valence-corrected chi connectivity index (χ0v) is 14.7. The van der Waals surface area contributed by atoms with Crippen molar-refractivity contribution in [3.8, 4) is 11.5 Å². The van der Waals surface area contributed by atoms with Gasteiger partial charge in [-0.25, -0.2) is 0 Å². The van der Waals surface area contributed by atoms with Crippen LogP contribution in [-0.2, 0) is 5.60 Å². The zero-order valence-electron chi connectivity index (χ0n) is 12.3. The molecule has 5 heteroatoms. The first kappa shape index (κ1) is 16.0. The highest BCUT2D eigenvalue weighted by Crippen LogP contribution is 2.53. The second kappa shape index (κ2) is 5.78. The average molecular weight is 361 g/mol. The number of methoxy groups -OCH3 is 2. The molecule has 1 aliphatic heterocycles. The number of ether oxygens (including phenoxy) is 2. The molecule has 1 N–H and O–H groups in total. The van der Waals surface area contributed by atoms with E-state index in [0.717, 1.165) is 22.2 Å². The summed E-state index contributed by atoms with van der Waals surface area (Å²) in [6, 6.07) is 3.78. The van der Waals surface area contributed by atoms with Crippen LogP contribution in [0.5, 0.6) is 11.5 Å². The number of hydrogen-bond donors (Lipinski definition) is 1. The summed E-state index contributed by atoms with van der Waals surface area (Å²) in [6.07, 6.45) is 0.973.